The van der Waals surface area contributed by atoms with Gasteiger partial charge < -0.3 is 14.9 Å². The second-order valence-corrected chi connectivity index (χ2v) is 6.57. The molecule has 2 atom stereocenters. The van der Waals surface area contributed by atoms with Crippen molar-refractivity contribution in [1.29, 1.82) is 0 Å². The normalized spacial score (nSPS) is 23.7. The van der Waals surface area contributed by atoms with Gasteiger partial charge in [-0.1, -0.05) is 6.07 Å². The number of aromatic hydroxyl groups is 1. The third kappa shape index (κ3) is 3.59. The van der Waals surface area contributed by atoms with Crippen molar-refractivity contribution in [2.45, 2.75) is 37.9 Å². The smallest absolute Gasteiger partial charge is 0.491 e. The lowest BCUT2D eigenvalue weighted by molar-refractivity contribution is -0.189. The van der Waals surface area contributed by atoms with Gasteiger partial charge in [-0.2, -0.15) is 13.2 Å². The van der Waals surface area contributed by atoms with Crippen molar-refractivity contribution in [2.75, 3.05) is 19.7 Å². The molecule has 2 aliphatic rings. The van der Waals surface area contributed by atoms with Crippen LogP contribution in [-0.2, 0) is 17.6 Å². The molecule has 1 heterocycles. The minimum absolute atomic E-state index is 0.0770. The molecule has 1 aliphatic carbocycles. The monoisotopic (exact) mass is 359 g/mol. The summed E-state index contributed by atoms with van der Waals surface area (Å²) in [5, 5.41) is 19.5. The average Bonchev–Trinajstić information content (AvgIpc) is 2.56. The lowest BCUT2D eigenvalue weighted by Crippen LogP contribution is -2.50. The number of piperidine rings is 1. The third-order valence-electron chi connectivity index (χ3n) is 5.09. The number of rotatable bonds is 3. The van der Waals surface area contributed by atoms with E-state index >= 15 is 0 Å². The maximum absolute atomic E-state index is 12.4. The molecule has 0 radical (unpaired) electrons. The molecule has 2 N–H and O–H groups in total. The number of nitrogens with zero attached hydrogens (tertiary/aromatic N) is 1. The summed E-state index contributed by atoms with van der Waals surface area (Å²) in [7, 11) is 0. The number of hydrogen-bond acceptors (Lipinski definition) is 5. The van der Waals surface area contributed by atoms with Crippen LogP contribution in [-0.4, -0.2) is 53.0 Å². The van der Waals surface area contributed by atoms with Gasteiger partial charge in [-0.05, 0) is 49.8 Å². The van der Waals surface area contributed by atoms with Gasteiger partial charge in [-0.25, -0.2) is 4.79 Å². The summed E-state index contributed by atoms with van der Waals surface area (Å²) in [6.07, 6.45) is -2.01. The Hall–Kier alpha value is -1.80. The van der Waals surface area contributed by atoms with Crippen molar-refractivity contribution in [1.82, 2.24) is 4.90 Å². The van der Waals surface area contributed by atoms with Crippen LogP contribution in [0.15, 0.2) is 12.1 Å². The summed E-state index contributed by atoms with van der Waals surface area (Å²) in [4.78, 5) is 13.2. The highest BCUT2D eigenvalue weighted by molar-refractivity contribution is 5.79. The Morgan fingerprint density at radius 2 is 2.08 bits per heavy atom. The zero-order chi connectivity index (χ0) is 18.2. The van der Waals surface area contributed by atoms with Gasteiger partial charge in [0.05, 0.1) is 6.61 Å². The Labute approximate surface area is 143 Å². The van der Waals surface area contributed by atoms with Crippen LogP contribution < -0.4 is 4.74 Å². The minimum atomic E-state index is -5.11. The van der Waals surface area contributed by atoms with Crippen molar-refractivity contribution in [3.63, 3.8) is 0 Å². The second kappa shape index (κ2) is 6.84. The van der Waals surface area contributed by atoms with Crippen LogP contribution in [0.2, 0.25) is 0 Å². The van der Waals surface area contributed by atoms with Crippen LogP contribution in [0.4, 0.5) is 13.2 Å². The lowest BCUT2D eigenvalue weighted by atomic mass is 9.75. The molecule has 0 spiro atoms. The molecule has 138 valence electrons. The number of hydrogen-bond donors (Lipinski definition) is 2. The van der Waals surface area contributed by atoms with E-state index in [1.165, 1.54) is 6.07 Å². The van der Waals surface area contributed by atoms with E-state index in [2.05, 4.69) is 9.64 Å². The molecule has 8 heteroatoms. The molecule has 0 aromatic heterocycles. The first-order valence-corrected chi connectivity index (χ1v) is 8.29. The van der Waals surface area contributed by atoms with E-state index in [1.807, 2.05) is 0 Å². The molecule has 1 aliphatic heterocycles. The molecule has 0 bridgehead atoms. The number of esters is 1. The zero-order valence-corrected chi connectivity index (χ0v) is 13.6. The number of phenolic OH excluding ortho intramolecular Hbond substituents is 1. The Balaban J connectivity index is 1.84. The summed E-state index contributed by atoms with van der Waals surface area (Å²) in [6.45, 7) is 1.57. The van der Waals surface area contributed by atoms with Crippen LogP contribution in [0, 0.1) is 5.92 Å². The zero-order valence-electron chi connectivity index (χ0n) is 13.6. The average molecular weight is 359 g/mol. The van der Waals surface area contributed by atoms with E-state index in [0.29, 0.717) is 24.9 Å². The molecular formula is C17H20F3NO4. The number of likely N-dealkylation sites (tertiary alicyclic amines) is 1. The molecule has 0 amide bonds. The Morgan fingerprint density at radius 3 is 2.76 bits per heavy atom. The van der Waals surface area contributed by atoms with Gasteiger partial charge in [-0.15, -0.1) is 0 Å². The molecule has 3 rings (SSSR count). The molecule has 1 fully saturated rings. The van der Waals surface area contributed by atoms with E-state index < -0.39 is 17.9 Å². The van der Waals surface area contributed by atoms with Crippen molar-refractivity contribution in [3.05, 3.63) is 23.3 Å². The maximum Gasteiger partial charge on any atom is 0.491 e. The molecule has 0 saturated carbocycles. The highest BCUT2D eigenvalue weighted by atomic mass is 19.4. The standard InChI is InChI=1S/C17H20F3NO4/c18-17(19,20)16(24)25-14-4-3-10-9-13-11(8-12(10)15(14)23)2-1-5-21(13)6-7-22/h3-4,11,13,22-23H,1-2,5-9H2/t11-,13-/m1/s1. The number of fused-ring (bicyclic) bond motifs is 2. The van der Waals surface area contributed by atoms with Crippen molar-refractivity contribution >= 4 is 5.97 Å². The predicted molar refractivity (Wildman–Crippen MR) is 82.4 cm³/mol. The van der Waals surface area contributed by atoms with Crippen molar-refractivity contribution in [2.24, 2.45) is 5.92 Å². The summed E-state index contributed by atoms with van der Waals surface area (Å²) in [6, 6.07) is 3.06. The Morgan fingerprint density at radius 1 is 1.32 bits per heavy atom. The molecule has 0 unspecified atom stereocenters. The summed E-state index contributed by atoms with van der Waals surface area (Å²) in [5.74, 6) is -2.93. The van der Waals surface area contributed by atoms with Gasteiger partial charge in [0, 0.05) is 18.2 Å². The molecule has 25 heavy (non-hydrogen) atoms. The fourth-order valence-electron chi connectivity index (χ4n) is 3.96. The van der Waals surface area contributed by atoms with E-state index in [1.54, 1.807) is 6.07 Å². The van der Waals surface area contributed by atoms with Crippen LogP contribution in [0.5, 0.6) is 11.5 Å². The third-order valence-corrected chi connectivity index (χ3v) is 5.09. The first-order chi connectivity index (χ1) is 11.8. The van der Waals surface area contributed by atoms with Crippen LogP contribution in [0.1, 0.15) is 24.0 Å². The lowest BCUT2D eigenvalue weighted by Gasteiger charge is -2.44. The number of halogens is 3. The number of phenols is 1. The molecule has 1 aromatic carbocycles. The first-order valence-electron chi connectivity index (χ1n) is 8.29. The van der Waals surface area contributed by atoms with Gasteiger partial charge in [0.2, 0.25) is 0 Å². The topological polar surface area (TPSA) is 70.0 Å². The van der Waals surface area contributed by atoms with E-state index in [0.717, 1.165) is 24.9 Å². The van der Waals surface area contributed by atoms with Crippen LogP contribution in [0.3, 0.4) is 0 Å². The van der Waals surface area contributed by atoms with E-state index in [9.17, 15) is 28.2 Å². The summed E-state index contributed by atoms with van der Waals surface area (Å²) >= 11 is 0. The second-order valence-electron chi connectivity index (χ2n) is 6.57. The van der Waals surface area contributed by atoms with Crippen molar-refractivity contribution in [3.8, 4) is 11.5 Å². The number of aliphatic hydroxyl groups excluding tert-OH is 1. The van der Waals surface area contributed by atoms with Crippen molar-refractivity contribution < 1.29 is 32.9 Å². The number of alkyl halides is 3. The number of benzene rings is 1. The SMILES string of the molecule is O=C(Oc1ccc2c(c1O)C[C@H]1CCCN(CCO)[C@@H]1C2)C(F)(F)F. The molecule has 1 aromatic rings. The fourth-order valence-corrected chi connectivity index (χ4v) is 3.96. The number of aliphatic hydroxyl groups is 1. The van der Waals surface area contributed by atoms with Gasteiger partial charge >= 0.3 is 12.1 Å². The highest BCUT2D eigenvalue weighted by Gasteiger charge is 2.42. The van der Waals surface area contributed by atoms with Crippen LogP contribution >= 0.6 is 0 Å². The minimum Gasteiger partial charge on any atom is -0.504 e. The number of ether oxygens (including phenoxy) is 1. The number of carbonyl (C=O) groups excluding carboxylic acids is 1. The fraction of sp³-hybridized carbons (Fsp3) is 0.588. The summed E-state index contributed by atoms with van der Waals surface area (Å²) in [5.41, 5.74) is 1.40. The van der Waals surface area contributed by atoms with Gasteiger partial charge in [0.15, 0.2) is 11.5 Å². The predicted octanol–water partition coefficient (Wildman–Crippen LogP) is 2.03. The summed E-state index contributed by atoms with van der Waals surface area (Å²) < 4.78 is 41.4. The van der Waals surface area contributed by atoms with Gasteiger partial charge in [-0.3, -0.25) is 4.90 Å². The van der Waals surface area contributed by atoms with Gasteiger partial charge in [0.1, 0.15) is 0 Å². The quantitative estimate of drug-likeness (QED) is 0.638. The van der Waals surface area contributed by atoms with E-state index in [-0.39, 0.29) is 24.3 Å². The van der Waals surface area contributed by atoms with Gasteiger partial charge in [0.25, 0.3) is 0 Å². The number of β-amino-alcohol motifs (C(OH)–C–C–N with tert-alkyl or cyclic N) is 1. The Bertz CT molecular complexity index is 660. The maximum atomic E-state index is 12.4. The first kappa shape index (κ1) is 18.0. The Kier molecular flexibility index (Phi) is 4.92. The molecule has 5 nitrogen and oxygen atoms in total. The molecule has 1 saturated heterocycles. The number of carbonyl (C=O) groups is 1. The van der Waals surface area contributed by atoms with E-state index in [4.69, 9.17) is 0 Å². The van der Waals surface area contributed by atoms with Crippen LogP contribution in [0.25, 0.3) is 0 Å². The highest BCUT2D eigenvalue weighted by Crippen LogP contribution is 2.42. The molecular weight excluding hydrogens is 339 g/mol. The largest absolute Gasteiger partial charge is 0.504 e.